The van der Waals surface area contributed by atoms with E-state index in [9.17, 15) is 0 Å². The fourth-order valence-electron chi connectivity index (χ4n) is 3.03. The first-order chi connectivity index (χ1) is 9.78. The highest BCUT2D eigenvalue weighted by atomic mass is 16.5. The Kier molecular flexibility index (Phi) is 4.38. The lowest BCUT2D eigenvalue weighted by Crippen LogP contribution is -2.37. The van der Waals surface area contributed by atoms with Gasteiger partial charge in [-0.3, -0.25) is 9.58 Å². The maximum atomic E-state index is 5.93. The number of aromatic nitrogens is 2. The lowest BCUT2D eigenvalue weighted by atomic mass is 9.97. The molecule has 0 bridgehead atoms. The van der Waals surface area contributed by atoms with Crippen LogP contribution in [0, 0.1) is 5.92 Å². The Balaban J connectivity index is 1.63. The van der Waals surface area contributed by atoms with Gasteiger partial charge in [0.25, 0.3) is 0 Å². The molecule has 5 heteroatoms. The number of nitrogens with zero attached hydrogens (tertiary/aromatic N) is 3. The van der Waals surface area contributed by atoms with Crippen LogP contribution in [-0.2, 0) is 23.1 Å². The molecule has 0 amide bonds. The van der Waals surface area contributed by atoms with Crippen LogP contribution in [0.2, 0.25) is 0 Å². The molecule has 5 nitrogen and oxygen atoms in total. The third-order valence-electron chi connectivity index (χ3n) is 4.30. The van der Waals surface area contributed by atoms with E-state index in [1.165, 1.54) is 24.1 Å². The summed E-state index contributed by atoms with van der Waals surface area (Å²) in [6, 6.07) is 0. The number of fused-ring (bicyclic) bond motifs is 1. The molecule has 0 spiro atoms. The van der Waals surface area contributed by atoms with Gasteiger partial charge in [0.2, 0.25) is 0 Å². The summed E-state index contributed by atoms with van der Waals surface area (Å²) in [7, 11) is 3.80. The largest absolute Gasteiger partial charge is 0.383 e. The van der Waals surface area contributed by atoms with E-state index in [1.807, 2.05) is 17.9 Å². The van der Waals surface area contributed by atoms with E-state index in [2.05, 4.69) is 10.00 Å². The molecule has 2 aliphatic rings. The van der Waals surface area contributed by atoms with Crippen LogP contribution in [0.3, 0.4) is 0 Å². The average Bonchev–Trinajstić information content (AvgIpc) is 3.19. The summed E-state index contributed by atoms with van der Waals surface area (Å²) in [5.41, 5.74) is 2.70. The summed E-state index contributed by atoms with van der Waals surface area (Å²) in [4.78, 5) is 2.44. The van der Waals surface area contributed by atoms with Crippen LogP contribution in [0.25, 0.3) is 0 Å². The smallest absolute Gasteiger partial charge is 0.0589 e. The third-order valence-corrected chi connectivity index (χ3v) is 4.30. The summed E-state index contributed by atoms with van der Waals surface area (Å²) in [5, 5.41) is 4.42. The molecule has 1 unspecified atom stereocenters. The van der Waals surface area contributed by atoms with Crippen LogP contribution in [-0.4, -0.2) is 54.7 Å². The second-order valence-corrected chi connectivity index (χ2v) is 6.08. The second-order valence-electron chi connectivity index (χ2n) is 6.08. The van der Waals surface area contributed by atoms with E-state index >= 15 is 0 Å². The van der Waals surface area contributed by atoms with Gasteiger partial charge in [0, 0.05) is 57.6 Å². The topological polar surface area (TPSA) is 39.5 Å². The Morgan fingerprint density at radius 2 is 2.20 bits per heavy atom. The molecule has 112 valence electrons. The Morgan fingerprint density at radius 3 is 2.95 bits per heavy atom. The van der Waals surface area contributed by atoms with Gasteiger partial charge in [-0.05, 0) is 18.8 Å². The molecule has 0 saturated heterocycles. The van der Waals surface area contributed by atoms with Crippen LogP contribution in [0.15, 0.2) is 6.20 Å². The standard InChI is InChI=1S/C15H25N3O2/c1-17-15-13(7-16-17)8-18(5-6-19-2)9-14(15)11-20-10-12-3-4-12/h7,12,14H,3-6,8-11H2,1-2H3. The van der Waals surface area contributed by atoms with E-state index in [0.29, 0.717) is 5.92 Å². The van der Waals surface area contributed by atoms with E-state index in [1.54, 1.807) is 7.11 Å². The Labute approximate surface area is 120 Å². The van der Waals surface area contributed by atoms with E-state index in [0.717, 1.165) is 45.4 Å². The molecule has 1 aliphatic carbocycles. The monoisotopic (exact) mass is 279 g/mol. The highest BCUT2D eigenvalue weighted by Crippen LogP contribution is 2.31. The third kappa shape index (κ3) is 3.22. The number of aryl methyl sites for hydroxylation is 1. The lowest BCUT2D eigenvalue weighted by molar-refractivity contribution is 0.0790. The number of rotatable bonds is 7. The molecule has 20 heavy (non-hydrogen) atoms. The van der Waals surface area contributed by atoms with Gasteiger partial charge in [0.1, 0.15) is 0 Å². The highest BCUT2D eigenvalue weighted by molar-refractivity contribution is 5.25. The van der Waals surface area contributed by atoms with Crippen molar-refractivity contribution in [3.8, 4) is 0 Å². The summed E-state index contributed by atoms with van der Waals surface area (Å²) < 4.78 is 13.2. The zero-order valence-electron chi connectivity index (χ0n) is 12.5. The van der Waals surface area contributed by atoms with Crippen molar-refractivity contribution in [1.29, 1.82) is 0 Å². The van der Waals surface area contributed by atoms with Crippen molar-refractivity contribution in [2.75, 3.05) is 40.0 Å². The quantitative estimate of drug-likeness (QED) is 0.756. The van der Waals surface area contributed by atoms with Crippen LogP contribution in [0.4, 0.5) is 0 Å². The number of hydrogen-bond acceptors (Lipinski definition) is 4. The molecule has 1 aliphatic heterocycles. The van der Waals surface area contributed by atoms with E-state index in [-0.39, 0.29) is 0 Å². The minimum absolute atomic E-state index is 0.432. The predicted octanol–water partition coefficient (Wildman–Crippen LogP) is 1.39. The molecule has 1 aromatic heterocycles. The molecule has 1 aromatic rings. The van der Waals surface area contributed by atoms with Gasteiger partial charge in [-0.15, -0.1) is 0 Å². The Bertz CT molecular complexity index is 442. The van der Waals surface area contributed by atoms with Gasteiger partial charge in [-0.2, -0.15) is 5.10 Å². The Morgan fingerprint density at radius 1 is 1.35 bits per heavy atom. The second kappa shape index (κ2) is 6.24. The first-order valence-corrected chi connectivity index (χ1v) is 7.57. The minimum Gasteiger partial charge on any atom is -0.383 e. The molecule has 1 atom stereocenters. The fraction of sp³-hybridized carbons (Fsp3) is 0.800. The van der Waals surface area contributed by atoms with Gasteiger partial charge >= 0.3 is 0 Å². The van der Waals surface area contributed by atoms with E-state index < -0.39 is 0 Å². The average molecular weight is 279 g/mol. The molecule has 0 radical (unpaired) electrons. The summed E-state index contributed by atoms with van der Waals surface area (Å²) in [5.74, 6) is 1.26. The number of methoxy groups -OCH3 is 1. The summed E-state index contributed by atoms with van der Waals surface area (Å²) >= 11 is 0. The van der Waals surface area contributed by atoms with Crippen molar-refractivity contribution < 1.29 is 9.47 Å². The van der Waals surface area contributed by atoms with E-state index in [4.69, 9.17) is 9.47 Å². The zero-order valence-corrected chi connectivity index (χ0v) is 12.5. The van der Waals surface area contributed by atoms with Crippen molar-refractivity contribution in [1.82, 2.24) is 14.7 Å². The van der Waals surface area contributed by atoms with Crippen LogP contribution >= 0.6 is 0 Å². The van der Waals surface area contributed by atoms with Gasteiger partial charge in [-0.25, -0.2) is 0 Å². The molecule has 2 heterocycles. The summed E-state index contributed by atoms with van der Waals surface area (Å²) in [6.07, 6.45) is 4.70. The maximum absolute atomic E-state index is 5.93. The number of ether oxygens (including phenoxy) is 2. The van der Waals surface area contributed by atoms with Crippen molar-refractivity contribution in [2.45, 2.75) is 25.3 Å². The van der Waals surface area contributed by atoms with Crippen molar-refractivity contribution >= 4 is 0 Å². The highest BCUT2D eigenvalue weighted by Gasteiger charge is 2.29. The zero-order chi connectivity index (χ0) is 13.9. The molecule has 1 fully saturated rings. The molecule has 1 saturated carbocycles. The molecular formula is C15H25N3O2. The summed E-state index contributed by atoms with van der Waals surface area (Å²) in [6.45, 7) is 5.52. The van der Waals surface area contributed by atoms with Crippen LogP contribution < -0.4 is 0 Å². The first kappa shape index (κ1) is 14.0. The van der Waals surface area contributed by atoms with Crippen molar-refractivity contribution in [3.05, 3.63) is 17.5 Å². The minimum atomic E-state index is 0.432. The predicted molar refractivity (Wildman–Crippen MR) is 76.6 cm³/mol. The van der Waals surface area contributed by atoms with Crippen molar-refractivity contribution in [3.63, 3.8) is 0 Å². The fourth-order valence-corrected chi connectivity index (χ4v) is 3.03. The molecular weight excluding hydrogens is 254 g/mol. The van der Waals surface area contributed by atoms with Gasteiger partial charge in [-0.1, -0.05) is 0 Å². The lowest BCUT2D eigenvalue weighted by Gasteiger charge is -2.32. The van der Waals surface area contributed by atoms with Crippen molar-refractivity contribution in [2.24, 2.45) is 13.0 Å². The maximum Gasteiger partial charge on any atom is 0.0589 e. The van der Waals surface area contributed by atoms with Crippen LogP contribution in [0.5, 0.6) is 0 Å². The molecule has 0 N–H and O–H groups in total. The van der Waals surface area contributed by atoms with Gasteiger partial charge < -0.3 is 9.47 Å². The molecule has 0 aromatic carbocycles. The number of hydrogen-bond donors (Lipinski definition) is 0. The molecule has 3 rings (SSSR count). The normalized spacial score (nSPS) is 23.0. The van der Waals surface area contributed by atoms with Gasteiger partial charge in [0.15, 0.2) is 0 Å². The first-order valence-electron chi connectivity index (χ1n) is 7.57. The SMILES string of the molecule is COCCN1Cc2cnn(C)c2C(COCC2CC2)C1. The Hall–Kier alpha value is -0.910. The van der Waals surface area contributed by atoms with Gasteiger partial charge in [0.05, 0.1) is 19.4 Å². The van der Waals surface area contributed by atoms with Crippen LogP contribution in [0.1, 0.15) is 30.0 Å².